The molecule has 0 aliphatic carbocycles. The Balaban J connectivity index is 1.84. The highest BCUT2D eigenvalue weighted by Crippen LogP contribution is 2.35. The first-order chi connectivity index (χ1) is 16.9. The van der Waals surface area contributed by atoms with Crippen molar-refractivity contribution in [1.29, 1.82) is 10.5 Å². The Morgan fingerprint density at radius 1 is 1.14 bits per heavy atom. The van der Waals surface area contributed by atoms with Gasteiger partial charge in [0.15, 0.2) is 11.5 Å². The van der Waals surface area contributed by atoms with Crippen molar-refractivity contribution in [1.82, 2.24) is 0 Å². The van der Waals surface area contributed by atoms with Crippen LogP contribution in [0.2, 0.25) is 0 Å². The summed E-state index contributed by atoms with van der Waals surface area (Å²) >= 11 is 3.42. The Hall–Kier alpha value is -4.67. The van der Waals surface area contributed by atoms with Gasteiger partial charge in [0, 0.05) is 27.9 Å². The van der Waals surface area contributed by atoms with Crippen molar-refractivity contribution >= 4 is 39.3 Å². The van der Waals surface area contributed by atoms with Gasteiger partial charge in [0.1, 0.15) is 18.2 Å². The maximum Gasteiger partial charge on any atom is 0.271 e. The van der Waals surface area contributed by atoms with Crippen molar-refractivity contribution in [2.24, 2.45) is 0 Å². The fourth-order valence-electron chi connectivity index (χ4n) is 3.04. The summed E-state index contributed by atoms with van der Waals surface area (Å²) in [6.45, 7) is 0.136. The number of non-ortho nitro benzene ring substituents is 1. The quantitative estimate of drug-likeness (QED) is 0.178. The molecule has 0 fully saturated rings. The SMILES string of the molecule is COc1cc(/C=C(\C#N)C(=O)Nc2cccc([N+](=O)[O-])c2)c(Br)cc1OCc1ccccc1C#N. The van der Waals surface area contributed by atoms with Crippen LogP contribution >= 0.6 is 15.9 Å². The number of nitro groups is 1. The third-order valence-electron chi connectivity index (χ3n) is 4.78. The maximum atomic E-state index is 12.6. The van der Waals surface area contributed by atoms with Crippen molar-refractivity contribution < 1.29 is 19.2 Å². The van der Waals surface area contributed by atoms with Crippen LogP contribution in [0.4, 0.5) is 11.4 Å². The van der Waals surface area contributed by atoms with Gasteiger partial charge >= 0.3 is 0 Å². The Morgan fingerprint density at radius 3 is 2.60 bits per heavy atom. The molecular weight excluding hydrogens is 516 g/mol. The van der Waals surface area contributed by atoms with E-state index in [1.807, 2.05) is 12.1 Å². The van der Waals surface area contributed by atoms with E-state index in [9.17, 15) is 25.4 Å². The molecule has 0 spiro atoms. The van der Waals surface area contributed by atoms with E-state index in [1.54, 1.807) is 30.3 Å². The number of anilines is 1. The molecule has 1 amide bonds. The molecule has 10 heteroatoms. The molecule has 0 aromatic heterocycles. The number of carbonyl (C=O) groups excluding carboxylic acids is 1. The highest BCUT2D eigenvalue weighted by Gasteiger charge is 2.15. The third kappa shape index (κ3) is 6.22. The third-order valence-corrected chi connectivity index (χ3v) is 5.47. The molecule has 0 unspecified atom stereocenters. The van der Waals surface area contributed by atoms with Gasteiger partial charge in [-0.1, -0.05) is 40.2 Å². The first-order valence-corrected chi connectivity index (χ1v) is 10.8. The fraction of sp³-hybridized carbons (Fsp3) is 0.0800. The van der Waals surface area contributed by atoms with Crippen molar-refractivity contribution in [2.45, 2.75) is 6.61 Å². The first-order valence-electron chi connectivity index (χ1n) is 10.0. The van der Waals surface area contributed by atoms with E-state index in [-0.39, 0.29) is 23.6 Å². The number of methoxy groups -OCH3 is 1. The summed E-state index contributed by atoms with van der Waals surface area (Å²) in [7, 11) is 1.45. The predicted octanol–water partition coefficient (Wildman–Crippen LogP) is 5.36. The number of nitrogens with one attached hydrogen (secondary N) is 1. The van der Waals surface area contributed by atoms with E-state index in [2.05, 4.69) is 27.3 Å². The lowest BCUT2D eigenvalue weighted by molar-refractivity contribution is -0.384. The van der Waals surface area contributed by atoms with E-state index in [4.69, 9.17) is 9.47 Å². The molecule has 0 aliphatic rings. The van der Waals surface area contributed by atoms with E-state index in [1.165, 1.54) is 37.5 Å². The van der Waals surface area contributed by atoms with Gasteiger partial charge in [-0.25, -0.2) is 0 Å². The van der Waals surface area contributed by atoms with Gasteiger partial charge < -0.3 is 14.8 Å². The molecule has 9 nitrogen and oxygen atoms in total. The summed E-state index contributed by atoms with van der Waals surface area (Å²) in [4.78, 5) is 23.0. The number of amides is 1. The minimum atomic E-state index is -0.729. The van der Waals surface area contributed by atoms with Crippen molar-refractivity contribution in [2.75, 3.05) is 12.4 Å². The van der Waals surface area contributed by atoms with Crippen LogP contribution in [0.1, 0.15) is 16.7 Å². The summed E-state index contributed by atoms with van der Waals surface area (Å²) in [6.07, 6.45) is 1.36. The number of halogens is 1. The normalized spacial score (nSPS) is 10.6. The van der Waals surface area contributed by atoms with Gasteiger partial charge in [-0.15, -0.1) is 0 Å². The molecule has 0 saturated heterocycles. The van der Waals surface area contributed by atoms with Gasteiger partial charge in [-0.3, -0.25) is 14.9 Å². The molecule has 174 valence electrons. The average molecular weight is 533 g/mol. The van der Waals surface area contributed by atoms with Crippen LogP contribution in [0.3, 0.4) is 0 Å². The molecule has 35 heavy (non-hydrogen) atoms. The van der Waals surface area contributed by atoms with Crippen LogP contribution in [-0.2, 0) is 11.4 Å². The number of hydrogen-bond donors (Lipinski definition) is 1. The second-order valence-corrected chi connectivity index (χ2v) is 7.87. The molecule has 3 aromatic rings. The summed E-state index contributed by atoms with van der Waals surface area (Å²) in [5, 5.41) is 32.2. The zero-order valence-corrected chi connectivity index (χ0v) is 19.9. The van der Waals surface area contributed by atoms with Crippen LogP contribution < -0.4 is 14.8 Å². The minimum Gasteiger partial charge on any atom is -0.493 e. The Bertz CT molecular complexity index is 1410. The van der Waals surface area contributed by atoms with Gasteiger partial charge in [-0.2, -0.15) is 10.5 Å². The molecule has 0 atom stereocenters. The number of benzene rings is 3. The van der Waals surface area contributed by atoms with Crippen LogP contribution in [-0.4, -0.2) is 17.9 Å². The lowest BCUT2D eigenvalue weighted by Crippen LogP contribution is -2.13. The second kappa shape index (κ2) is 11.5. The summed E-state index contributed by atoms with van der Waals surface area (Å²) in [6, 6.07) is 19.6. The highest BCUT2D eigenvalue weighted by atomic mass is 79.9. The number of carbonyl (C=O) groups is 1. The summed E-state index contributed by atoms with van der Waals surface area (Å²) in [5.41, 5.74) is 1.45. The molecule has 3 rings (SSSR count). The fourth-order valence-corrected chi connectivity index (χ4v) is 3.48. The summed E-state index contributed by atoms with van der Waals surface area (Å²) in [5.74, 6) is 0.0152. The molecule has 0 aliphatic heterocycles. The van der Waals surface area contributed by atoms with Crippen molar-refractivity contribution in [3.05, 3.63) is 97.5 Å². The van der Waals surface area contributed by atoms with Crippen LogP contribution in [0.5, 0.6) is 11.5 Å². The number of hydrogen-bond acceptors (Lipinski definition) is 7. The number of nitro benzene ring substituents is 1. The van der Waals surface area contributed by atoms with E-state index in [0.717, 1.165) is 0 Å². The summed E-state index contributed by atoms with van der Waals surface area (Å²) < 4.78 is 11.8. The van der Waals surface area contributed by atoms with Crippen LogP contribution in [0, 0.1) is 32.8 Å². The molecule has 3 aromatic carbocycles. The number of nitrogens with zero attached hydrogens (tertiary/aromatic N) is 3. The monoisotopic (exact) mass is 532 g/mol. The zero-order chi connectivity index (χ0) is 25.4. The van der Waals surface area contributed by atoms with Crippen molar-refractivity contribution in [3.63, 3.8) is 0 Å². The predicted molar refractivity (Wildman–Crippen MR) is 131 cm³/mol. The molecule has 0 bridgehead atoms. The number of ether oxygens (including phenoxy) is 2. The zero-order valence-electron chi connectivity index (χ0n) is 18.3. The minimum absolute atomic E-state index is 0.136. The number of nitriles is 2. The highest BCUT2D eigenvalue weighted by molar-refractivity contribution is 9.10. The molecule has 0 heterocycles. The standard InChI is InChI=1S/C25H17BrN4O5/c1-34-23-10-18(22(26)12-24(23)35-15-17-6-3-2-5-16(17)13-27)9-19(14-28)25(31)29-20-7-4-8-21(11-20)30(32)33/h2-12H,15H2,1H3,(H,29,31)/b19-9+. The van der Waals surface area contributed by atoms with Gasteiger partial charge in [0.25, 0.3) is 11.6 Å². The lowest BCUT2D eigenvalue weighted by Gasteiger charge is -2.13. The van der Waals surface area contributed by atoms with Crippen LogP contribution in [0.25, 0.3) is 6.08 Å². The Labute approximate surface area is 209 Å². The first kappa shape index (κ1) is 25.0. The van der Waals surface area contributed by atoms with Crippen LogP contribution in [0.15, 0.2) is 70.7 Å². The molecule has 0 saturated carbocycles. The van der Waals surface area contributed by atoms with Gasteiger partial charge in [0.2, 0.25) is 0 Å². The van der Waals surface area contributed by atoms with E-state index in [0.29, 0.717) is 32.7 Å². The van der Waals surface area contributed by atoms with E-state index >= 15 is 0 Å². The van der Waals surface area contributed by atoms with E-state index < -0.39 is 10.8 Å². The molecular formula is C25H17BrN4O5. The van der Waals surface area contributed by atoms with Gasteiger partial charge in [0.05, 0.1) is 23.7 Å². The Morgan fingerprint density at radius 2 is 1.91 bits per heavy atom. The average Bonchev–Trinajstić information content (AvgIpc) is 2.86. The smallest absolute Gasteiger partial charge is 0.271 e. The topological polar surface area (TPSA) is 138 Å². The molecule has 1 N–H and O–H groups in total. The lowest BCUT2D eigenvalue weighted by atomic mass is 10.1. The van der Waals surface area contributed by atoms with Gasteiger partial charge in [-0.05, 0) is 35.9 Å². The second-order valence-electron chi connectivity index (χ2n) is 7.01. The van der Waals surface area contributed by atoms with Crippen molar-refractivity contribution in [3.8, 4) is 23.6 Å². The molecule has 0 radical (unpaired) electrons. The Kier molecular flexibility index (Phi) is 8.17. The number of rotatable bonds is 8. The largest absolute Gasteiger partial charge is 0.493 e. The maximum absolute atomic E-state index is 12.6.